The average Bonchev–Trinajstić information content (AvgIpc) is 2.04. The fraction of sp³-hybridized carbons (Fsp3) is 1.00. The molecule has 0 aliphatic heterocycles. The Morgan fingerprint density at radius 2 is 1.30 bits per heavy atom. The fourth-order valence-electron chi connectivity index (χ4n) is 2.36. The maximum Gasteiger partial charge on any atom is 0.101 e. The van der Waals surface area contributed by atoms with Crippen molar-refractivity contribution in [3.63, 3.8) is 0 Å². The second kappa shape index (κ2) is 4.10. The molecule has 0 saturated heterocycles. The summed E-state index contributed by atoms with van der Waals surface area (Å²) in [4.78, 5) is 0. The summed E-state index contributed by atoms with van der Waals surface area (Å²) in [5.74, 6) is 2.14. The molecule has 2 atom stereocenters. The molecule has 2 heteroatoms. The van der Waals surface area contributed by atoms with E-state index in [1.165, 1.54) is 38.3 Å². The highest BCUT2D eigenvalue weighted by molar-refractivity contribution is 6.09. The molecule has 0 N–H and O–H groups in total. The van der Waals surface area contributed by atoms with Crippen LogP contribution in [-0.4, -0.2) is 15.7 Å². The molecule has 0 aromatic rings. The predicted octanol–water partition coefficient (Wildman–Crippen LogP) is 0.896. The van der Waals surface area contributed by atoms with Crippen molar-refractivity contribution in [3.05, 3.63) is 0 Å². The molecule has 0 radical (unpaired) electrons. The van der Waals surface area contributed by atoms with Crippen molar-refractivity contribution in [2.75, 3.05) is 0 Å². The van der Waals surface area contributed by atoms with Crippen LogP contribution in [0.5, 0.6) is 0 Å². The van der Waals surface area contributed by atoms with Gasteiger partial charge in [0.25, 0.3) is 0 Å². The lowest BCUT2D eigenvalue weighted by atomic mass is 9.68. The summed E-state index contributed by atoms with van der Waals surface area (Å²) in [6.07, 6.45) is 8.84. The van der Waals surface area contributed by atoms with Gasteiger partial charge in [0.1, 0.15) is 15.7 Å². The van der Waals surface area contributed by atoms with Crippen molar-refractivity contribution in [2.45, 2.75) is 38.3 Å². The molecule has 1 aliphatic carbocycles. The second-order valence-corrected chi connectivity index (χ2v) is 3.62. The third-order valence-corrected chi connectivity index (χ3v) is 3.12. The molecule has 0 spiro atoms. The highest BCUT2D eigenvalue weighted by Gasteiger charge is 2.20. The van der Waals surface area contributed by atoms with E-state index in [9.17, 15) is 0 Å². The first-order chi connectivity index (χ1) is 4.88. The van der Waals surface area contributed by atoms with Crippen LogP contribution in [0.15, 0.2) is 0 Å². The van der Waals surface area contributed by atoms with Crippen LogP contribution in [0.3, 0.4) is 0 Å². The Bertz CT molecular complexity index is 81.3. The number of hydrogen-bond acceptors (Lipinski definition) is 0. The van der Waals surface area contributed by atoms with Gasteiger partial charge in [0.2, 0.25) is 0 Å². The third-order valence-electron chi connectivity index (χ3n) is 3.12. The Hall–Kier alpha value is 0.130. The van der Waals surface area contributed by atoms with Gasteiger partial charge in [0.15, 0.2) is 0 Å². The van der Waals surface area contributed by atoms with Crippen molar-refractivity contribution < 1.29 is 0 Å². The minimum Gasteiger partial charge on any atom is -0.0780 e. The van der Waals surface area contributed by atoms with Crippen molar-refractivity contribution in [2.24, 2.45) is 11.8 Å². The maximum absolute atomic E-state index is 2.35. The van der Waals surface area contributed by atoms with Gasteiger partial charge in [0.05, 0.1) is 0 Å². The molecule has 0 unspecified atom stereocenters. The van der Waals surface area contributed by atoms with E-state index in [0.717, 1.165) is 11.8 Å². The zero-order valence-corrected chi connectivity index (χ0v) is 7.40. The minimum atomic E-state index is 1.07. The Labute approximate surface area is 66.6 Å². The summed E-state index contributed by atoms with van der Waals surface area (Å²) in [6, 6.07) is 0. The summed E-state index contributed by atoms with van der Waals surface area (Å²) < 4.78 is 0. The van der Waals surface area contributed by atoms with Gasteiger partial charge in [-0.05, 0) is 11.8 Å². The van der Waals surface area contributed by atoms with Crippen LogP contribution in [0.1, 0.15) is 25.7 Å². The van der Waals surface area contributed by atoms with Gasteiger partial charge >= 0.3 is 0 Å². The van der Waals surface area contributed by atoms with Crippen molar-refractivity contribution >= 4 is 15.7 Å². The van der Waals surface area contributed by atoms with E-state index in [4.69, 9.17) is 0 Å². The van der Waals surface area contributed by atoms with Crippen LogP contribution in [0.2, 0.25) is 12.6 Å². The summed E-state index contributed by atoms with van der Waals surface area (Å²) in [5.41, 5.74) is 0. The lowest BCUT2D eigenvalue weighted by Crippen LogP contribution is -2.18. The SMILES string of the molecule is BC[C@H]1CCCC[C@@H]1CB. The molecule has 56 valence electrons. The first kappa shape index (κ1) is 8.23. The van der Waals surface area contributed by atoms with E-state index in [2.05, 4.69) is 15.7 Å². The Balaban J connectivity index is 2.34. The highest BCUT2D eigenvalue weighted by Crippen LogP contribution is 2.33. The Morgan fingerprint density at radius 3 is 1.60 bits per heavy atom. The molecule has 1 rings (SSSR count). The average molecular weight is 136 g/mol. The molecule has 0 bridgehead atoms. The van der Waals surface area contributed by atoms with E-state index >= 15 is 0 Å². The van der Waals surface area contributed by atoms with Gasteiger partial charge in [-0.25, -0.2) is 0 Å². The Kier molecular flexibility index (Phi) is 3.37. The quantitative estimate of drug-likeness (QED) is 0.494. The lowest BCUT2D eigenvalue weighted by molar-refractivity contribution is 0.278. The monoisotopic (exact) mass is 136 g/mol. The van der Waals surface area contributed by atoms with Gasteiger partial charge in [-0.3, -0.25) is 0 Å². The fourth-order valence-corrected chi connectivity index (χ4v) is 2.36. The second-order valence-electron chi connectivity index (χ2n) is 3.62. The van der Waals surface area contributed by atoms with E-state index < -0.39 is 0 Å². The standard InChI is InChI=1S/C8H18B2/c9-5-7-3-1-2-4-8(7)6-10/h7-8H,1-6,9-10H2/t7-,8-/m1/s1. The molecule has 0 aromatic heterocycles. The van der Waals surface area contributed by atoms with Crippen LogP contribution in [0.4, 0.5) is 0 Å². The highest BCUT2D eigenvalue weighted by atomic mass is 14.2. The molecule has 10 heavy (non-hydrogen) atoms. The maximum atomic E-state index is 2.35. The zero-order chi connectivity index (χ0) is 7.40. The van der Waals surface area contributed by atoms with Crippen LogP contribution in [-0.2, 0) is 0 Å². The summed E-state index contributed by atoms with van der Waals surface area (Å²) in [7, 11) is 4.69. The van der Waals surface area contributed by atoms with Crippen LogP contribution >= 0.6 is 0 Å². The number of hydrogen-bond donors (Lipinski definition) is 0. The lowest BCUT2D eigenvalue weighted by Gasteiger charge is -2.29. The molecule has 1 aliphatic rings. The van der Waals surface area contributed by atoms with Crippen molar-refractivity contribution in [1.29, 1.82) is 0 Å². The van der Waals surface area contributed by atoms with Gasteiger partial charge in [-0.15, -0.1) is 0 Å². The summed E-state index contributed by atoms with van der Waals surface area (Å²) >= 11 is 0. The summed E-state index contributed by atoms with van der Waals surface area (Å²) in [5, 5.41) is 0. The minimum absolute atomic E-state index is 1.07. The molecule has 1 saturated carbocycles. The van der Waals surface area contributed by atoms with Gasteiger partial charge in [-0.2, -0.15) is 0 Å². The van der Waals surface area contributed by atoms with E-state index in [1.807, 2.05) is 0 Å². The molecular formula is C8H18B2. The van der Waals surface area contributed by atoms with E-state index in [0.29, 0.717) is 0 Å². The number of rotatable bonds is 2. The largest absolute Gasteiger partial charge is 0.101 e. The molecular weight excluding hydrogens is 118 g/mol. The van der Waals surface area contributed by atoms with Crippen LogP contribution < -0.4 is 0 Å². The first-order valence-electron chi connectivity index (χ1n) is 4.88. The molecule has 1 fully saturated rings. The smallest absolute Gasteiger partial charge is 0.0780 e. The topological polar surface area (TPSA) is 0 Å². The Morgan fingerprint density at radius 1 is 0.900 bits per heavy atom. The van der Waals surface area contributed by atoms with Gasteiger partial charge in [-0.1, -0.05) is 38.3 Å². The first-order valence-corrected chi connectivity index (χ1v) is 4.88. The van der Waals surface area contributed by atoms with Crippen LogP contribution in [0.25, 0.3) is 0 Å². The molecule has 0 heterocycles. The predicted molar refractivity (Wildman–Crippen MR) is 52.2 cm³/mol. The normalized spacial score (nSPS) is 34.0. The molecule has 0 aromatic carbocycles. The third kappa shape index (κ3) is 1.81. The zero-order valence-electron chi connectivity index (χ0n) is 7.40. The van der Waals surface area contributed by atoms with Crippen molar-refractivity contribution in [3.8, 4) is 0 Å². The van der Waals surface area contributed by atoms with E-state index in [-0.39, 0.29) is 0 Å². The van der Waals surface area contributed by atoms with Gasteiger partial charge in [0, 0.05) is 0 Å². The molecule has 0 nitrogen and oxygen atoms in total. The van der Waals surface area contributed by atoms with E-state index in [1.54, 1.807) is 0 Å². The van der Waals surface area contributed by atoms with Crippen molar-refractivity contribution in [1.82, 2.24) is 0 Å². The summed E-state index contributed by atoms with van der Waals surface area (Å²) in [6.45, 7) is 0. The van der Waals surface area contributed by atoms with Gasteiger partial charge < -0.3 is 0 Å². The molecule has 0 amide bonds. The van der Waals surface area contributed by atoms with Crippen LogP contribution in [0, 0.1) is 11.8 Å².